The summed E-state index contributed by atoms with van der Waals surface area (Å²) in [5.41, 5.74) is 0. The van der Waals surface area contributed by atoms with E-state index >= 15 is 0 Å². The molecule has 0 aromatic carbocycles. The fourth-order valence-electron chi connectivity index (χ4n) is 2.43. The van der Waals surface area contributed by atoms with Crippen LogP contribution in [0.25, 0.3) is 0 Å². The molecule has 2 fully saturated rings. The highest BCUT2D eigenvalue weighted by atomic mass is 32.2. The molecule has 0 bridgehead atoms. The summed E-state index contributed by atoms with van der Waals surface area (Å²) in [5.74, 6) is -1.63. The molecule has 2 unspecified atom stereocenters. The van der Waals surface area contributed by atoms with Crippen molar-refractivity contribution in [2.45, 2.75) is 18.9 Å². The molecule has 2 aliphatic rings. The highest BCUT2D eigenvalue weighted by Crippen LogP contribution is 2.22. The number of nitriles is 1. The minimum Gasteiger partial charge on any atom is -0.481 e. The van der Waals surface area contributed by atoms with Crippen molar-refractivity contribution in [3.63, 3.8) is 0 Å². The quantitative estimate of drug-likeness (QED) is 0.734. The molecule has 8 nitrogen and oxygen atoms in total. The van der Waals surface area contributed by atoms with E-state index < -0.39 is 28.2 Å². The molecule has 0 radical (unpaired) electrons. The number of piperidine rings is 1. The Morgan fingerprint density at radius 3 is 2.65 bits per heavy atom. The lowest BCUT2D eigenvalue weighted by Gasteiger charge is -2.36. The van der Waals surface area contributed by atoms with Crippen LogP contribution in [0.1, 0.15) is 12.8 Å². The van der Waals surface area contributed by atoms with E-state index in [9.17, 15) is 13.2 Å². The number of aliphatic carboxylic acids is 1. The number of carboxylic acid groups (broad SMARTS) is 1. The molecule has 0 spiro atoms. The lowest BCUT2D eigenvalue weighted by Crippen LogP contribution is -2.53. The molecular weight excluding hydrogens is 286 g/mol. The van der Waals surface area contributed by atoms with Gasteiger partial charge in [-0.2, -0.15) is 22.3 Å². The fraction of sp³-hybridized carbons (Fsp3) is 0.818. The Labute approximate surface area is 117 Å². The van der Waals surface area contributed by atoms with E-state index in [0.717, 1.165) is 0 Å². The molecule has 2 atom stereocenters. The zero-order valence-electron chi connectivity index (χ0n) is 10.9. The van der Waals surface area contributed by atoms with Crippen LogP contribution in [-0.2, 0) is 19.7 Å². The normalized spacial score (nSPS) is 29.8. The second-order valence-corrected chi connectivity index (χ2v) is 6.82. The summed E-state index contributed by atoms with van der Waals surface area (Å²) < 4.78 is 32.5. The van der Waals surface area contributed by atoms with Gasteiger partial charge in [-0.15, -0.1) is 0 Å². The highest BCUT2D eigenvalue weighted by Gasteiger charge is 2.38. The standard InChI is InChI=1S/C11H17N3O5S/c12-6-10-8-14(4-5-19-10)20(17,18)13-3-1-2-9(7-13)11(15)16/h9-10H,1-5,7-8H2,(H,15,16). The number of rotatable bonds is 3. The monoisotopic (exact) mass is 303 g/mol. The van der Waals surface area contributed by atoms with Crippen molar-refractivity contribution in [3.05, 3.63) is 0 Å². The first-order valence-electron chi connectivity index (χ1n) is 6.44. The third-order valence-electron chi connectivity index (χ3n) is 3.56. The second kappa shape index (κ2) is 6.05. The first-order valence-corrected chi connectivity index (χ1v) is 7.84. The van der Waals surface area contributed by atoms with Crippen molar-refractivity contribution in [3.8, 4) is 6.07 Å². The second-order valence-electron chi connectivity index (χ2n) is 4.89. The predicted octanol–water partition coefficient (Wildman–Crippen LogP) is -0.748. The fourth-order valence-corrected chi connectivity index (χ4v) is 4.11. The molecule has 0 saturated carbocycles. The first-order chi connectivity index (χ1) is 9.45. The van der Waals surface area contributed by atoms with Crippen molar-refractivity contribution in [1.29, 1.82) is 5.26 Å². The van der Waals surface area contributed by atoms with E-state index in [-0.39, 0.29) is 26.2 Å². The smallest absolute Gasteiger partial charge is 0.307 e. The minimum atomic E-state index is -3.72. The Balaban J connectivity index is 2.09. The van der Waals surface area contributed by atoms with E-state index in [1.165, 1.54) is 8.61 Å². The number of nitrogens with zero attached hydrogens (tertiary/aromatic N) is 3. The number of carboxylic acids is 1. The lowest BCUT2D eigenvalue weighted by molar-refractivity contribution is -0.142. The van der Waals surface area contributed by atoms with E-state index in [4.69, 9.17) is 15.1 Å². The van der Waals surface area contributed by atoms with Gasteiger partial charge in [0.05, 0.1) is 25.1 Å². The van der Waals surface area contributed by atoms with Gasteiger partial charge in [0.15, 0.2) is 6.10 Å². The average Bonchev–Trinajstić information content (AvgIpc) is 2.47. The van der Waals surface area contributed by atoms with E-state index in [1.807, 2.05) is 6.07 Å². The largest absolute Gasteiger partial charge is 0.481 e. The van der Waals surface area contributed by atoms with E-state index in [0.29, 0.717) is 19.4 Å². The van der Waals surface area contributed by atoms with E-state index in [1.54, 1.807) is 0 Å². The summed E-state index contributed by atoms with van der Waals surface area (Å²) in [4.78, 5) is 11.0. The maximum atomic E-state index is 12.5. The molecule has 2 rings (SSSR count). The lowest BCUT2D eigenvalue weighted by atomic mass is 10.0. The Kier molecular flexibility index (Phi) is 4.59. The zero-order valence-corrected chi connectivity index (χ0v) is 11.8. The molecule has 9 heteroatoms. The van der Waals surface area contributed by atoms with Crippen molar-refractivity contribution in [1.82, 2.24) is 8.61 Å². The van der Waals surface area contributed by atoms with E-state index in [2.05, 4.69) is 0 Å². The topological polar surface area (TPSA) is 111 Å². The number of hydrogen-bond donors (Lipinski definition) is 1. The van der Waals surface area contributed by atoms with Crippen LogP contribution < -0.4 is 0 Å². The van der Waals surface area contributed by atoms with Gasteiger partial charge in [0.25, 0.3) is 10.2 Å². The molecule has 2 heterocycles. The molecular formula is C11H17N3O5S. The maximum Gasteiger partial charge on any atom is 0.307 e. The molecule has 0 amide bonds. The molecule has 112 valence electrons. The number of morpholine rings is 1. The molecule has 0 aromatic rings. The third-order valence-corrected chi connectivity index (χ3v) is 5.53. The molecule has 2 saturated heterocycles. The maximum absolute atomic E-state index is 12.5. The third kappa shape index (κ3) is 3.09. The van der Waals surface area contributed by atoms with Gasteiger partial charge < -0.3 is 9.84 Å². The zero-order chi connectivity index (χ0) is 14.8. The van der Waals surface area contributed by atoms with Gasteiger partial charge in [0, 0.05) is 19.6 Å². The number of carbonyl (C=O) groups is 1. The summed E-state index contributed by atoms with van der Waals surface area (Å²) in [6.07, 6.45) is 0.256. The van der Waals surface area contributed by atoms with Crippen LogP contribution >= 0.6 is 0 Å². The Hall–Kier alpha value is -1.21. The Morgan fingerprint density at radius 2 is 2.00 bits per heavy atom. The summed E-state index contributed by atoms with van der Waals surface area (Å²) >= 11 is 0. The van der Waals surface area contributed by atoms with Crippen LogP contribution in [0.3, 0.4) is 0 Å². The van der Waals surface area contributed by atoms with Gasteiger partial charge in [0.1, 0.15) is 0 Å². The van der Waals surface area contributed by atoms with Crippen LogP contribution in [0, 0.1) is 17.2 Å². The first kappa shape index (κ1) is 15.2. The molecule has 2 aliphatic heterocycles. The van der Waals surface area contributed by atoms with Gasteiger partial charge in [-0.3, -0.25) is 4.79 Å². The Morgan fingerprint density at radius 1 is 1.30 bits per heavy atom. The summed E-state index contributed by atoms with van der Waals surface area (Å²) in [6, 6.07) is 1.89. The van der Waals surface area contributed by atoms with Crippen LogP contribution in [0.4, 0.5) is 0 Å². The van der Waals surface area contributed by atoms with Crippen LogP contribution in [0.15, 0.2) is 0 Å². The van der Waals surface area contributed by atoms with Gasteiger partial charge in [-0.25, -0.2) is 0 Å². The van der Waals surface area contributed by atoms with Crippen molar-refractivity contribution in [2.75, 3.05) is 32.8 Å². The van der Waals surface area contributed by atoms with Gasteiger partial charge >= 0.3 is 5.97 Å². The SMILES string of the molecule is N#CC1CN(S(=O)(=O)N2CCCC(C(=O)O)C2)CCO1. The molecule has 0 aromatic heterocycles. The van der Waals surface area contributed by atoms with Gasteiger partial charge in [0.2, 0.25) is 0 Å². The number of hydrogen-bond acceptors (Lipinski definition) is 5. The van der Waals surface area contributed by atoms with Gasteiger partial charge in [-0.1, -0.05) is 0 Å². The predicted molar refractivity (Wildman–Crippen MR) is 67.8 cm³/mol. The van der Waals surface area contributed by atoms with Gasteiger partial charge in [-0.05, 0) is 12.8 Å². The molecule has 0 aliphatic carbocycles. The van der Waals surface area contributed by atoms with Crippen LogP contribution in [-0.4, -0.2) is 67.0 Å². The average molecular weight is 303 g/mol. The highest BCUT2D eigenvalue weighted by molar-refractivity contribution is 7.86. The Bertz CT molecular complexity index is 515. The van der Waals surface area contributed by atoms with Crippen LogP contribution in [0.2, 0.25) is 0 Å². The summed E-state index contributed by atoms with van der Waals surface area (Å²) in [5, 5.41) is 17.8. The number of ether oxygens (including phenoxy) is 1. The summed E-state index contributed by atoms with van der Waals surface area (Å²) in [7, 11) is -3.72. The molecule has 20 heavy (non-hydrogen) atoms. The van der Waals surface area contributed by atoms with Crippen molar-refractivity contribution in [2.24, 2.45) is 5.92 Å². The summed E-state index contributed by atoms with van der Waals surface area (Å²) in [6.45, 7) is 0.669. The van der Waals surface area contributed by atoms with Crippen molar-refractivity contribution < 1.29 is 23.1 Å². The molecule has 1 N–H and O–H groups in total. The minimum absolute atomic E-state index is 0.00687. The van der Waals surface area contributed by atoms with Crippen LogP contribution in [0.5, 0.6) is 0 Å². The van der Waals surface area contributed by atoms with Crippen molar-refractivity contribution >= 4 is 16.2 Å².